The third-order valence-electron chi connectivity index (χ3n) is 3.74. The highest BCUT2D eigenvalue weighted by Gasteiger charge is 2.05. The van der Waals surface area contributed by atoms with Gasteiger partial charge in [0, 0.05) is 23.6 Å². The molecule has 1 heterocycles. The minimum atomic E-state index is -0.167. The van der Waals surface area contributed by atoms with Crippen LogP contribution in [-0.4, -0.2) is 24.0 Å². The standard InChI is InChI=1S/C19H17N3O2/c20-11-14-5-7-16(8-6-14)24-13-19(23)21-10-9-15-12-22-18-4-2-1-3-17(15)18/h1-8,12,22H,9-10,13H2,(H,21,23). The normalized spacial score (nSPS) is 10.3. The van der Waals surface area contributed by atoms with Crippen LogP contribution in [0.4, 0.5) is 0 Å². The maximum absolute atomic E-state index is 11.8. The molecule has 0 fully saturated rings. The fraction of sp³-hybridized carbons (Fsp3) is 0.158. The van der Waals surface area contributed by atoms with Crippen LogP contribution in [0.2, 0.25) is 0 Å². The van der Waals surface area contributed by atoms with E-state index in [1.807, 2.05) is 30.5 Å². The number of aromatic nitrogens is 1. The van der Waals surface area contributed by atoms with E-state index in [1.165, 1.54) is 10.9 Å². The van der Waals surface area contributed by atoms with E-state index in [0.717, 1.165) is 11.9 Å². The van der Waals surface area contributed by atoms with Crippen LogP contribution in [0, 0.1) is 11.3 Å². The van der Waals surface area contributed by atoms with Gasteiger partial charge in [0.15, 0.2) is 6.61 Å². The largest absolute Gasteiger partial charge is 0.484 e. The van der Waals surface area contributed by atoms with Gasteiger partial charge in [-0.05, 0) is 42.3 Å². The Bertz CT molecular complexity index is 876. The van der Waals surface area contributed by atoms with Crippen molar-refractivity contribution in [1.82, 2.24) is 10.3 Å². The predicted molar refractivity (Wildman–Crippen MR) is 91.7 cm³/mol. The van der Waals surface area contributed by atoms with Gasteiger partial charge < -0.3 is 15.0 Å². The van der Waals surface area contributed by atoms with Crippen LogP contribution in [0.15, 0.2) is 54.7 Å². The molecule has 0 atom stereocenters. The number of para-hydroxylation sites is 1. The molecule has 0 aliphatic heterocycles. The number of hydrogen-bond acceptors (Lipinski definition) is 3. The Balaban J connectivity index is 1.45. The Morgan fingerprint density at radius 1 is 1.17 bits per heavy atom. The summed E-state index contributed by atoms with van der Waals surface area (Å²) in [7, 11) is 0. The van der Waals surface area contributed by atoms with E-state index in [9.17, 15) is 4.79 Å². The van der Waals surface area contributed by atoms with Gasteiger partial charge in [-0.1, -0.05) is 18.2 Å². The van der Waals surface area contributed by atoms with E-state index >= 15 is 0 Å². The number of H-pyrrole nitrogens is 1. The number of nitriles is 1. The molecule has 0 spiro atoms. The van der Waals surface area contributed by atoms with Crippen LogP contribution in [0.5, 0.6) is 5.75 Å². The molecular weight excluding hydrogens is 302 g/mol. The molecule has 1 amide bonds. The molecule has 0 saturated carbocycles. The molecule has 3 rings (SSSR count). The van der Waals surface area contributed by atoms with E-state index in [-0.39, 0.29) is 12.5 Å². The van der Waals surface area contributed by atoms with Gasteiger partial charge >= 0.3 is 0 Å². The number of carbonyl (C=O) groups is 1. The van der Waals surface area contributed by atoms with Crippen molar-refractivity contribution < 1.29 is 9.53 Å². The number of benzene rings is 2. The van der Waals surface area contributed by atoms with Gasteiger partial charge in [-0.2, -0.15) is 5.26 Å². The van der Waals surface area contributed by atoms with E-state index in [0.29, 0.717) is 17.9 Å². The molecule has 5 heteroatoms. The summed E-state index contributed by atoms with van der Waals surface area (Å²) in [5, 5.41) is 12.8. The molecule has 5 nitrogen and oxygen atoms in total. The van der Waals surface area contributed by atoms with Crippen molar-refractivity contribution in [3.63, 3.8) is 0 Å². The molecule has 0 saturated heterocycles. The number of carbonyl (C=O) groups excluding carboxylic acids is 1. The molecule has 0 radical (unpaired) electrons. The number of ether oxygens (including phenoxy) is 1. The lowest BCUT2D eigenvalue weighted by atomic mass is 10.1. The summed E-state index contributed by atoms with van der Waals surface area (Å²) < 4.78 is 5.40. The third-order valence-corrected chi connectivity index (χ3v) is 3.74. The van der Waals surface area contributed by atoms with E-state index in [4.69, 9.17) is 10.00 Å². The molecule has 1 aromatic heterocycles. The number of amides is 1. The quantitative estimate of drug-likeness (QED) is 0.733. The first kappa shape index (κ1) is 15.6. The summed E-state index contributed by atoms with van der Waals surface area (Å²) in [6.07, 6.45) is 2.73. The van der Waals surface area contributed by atoms with Crippen LogP contribution >= 0.6 is 0 Å². The van der Waals surface area contributed by atoms with Crippen molar-refractivity contribution in [2.45, 2.75) is 6.42 Å². The van der Waals surface area contributed by atoms with Crippen LogP contribution in [0.3, 0.4) is 0 Å². The summed E-state index contributed by atoms with van der Waals surface area (Å²) in [5.41, 5.74) is 2.84. The summed E-state index contributed by atoms with van der Waals surface area (Å²) in [6, 6.07) is 16.8. The molecule has 24 heavy (non-hydrogen) atoms. The Labute approximate surface area is 139 Å². The third kappa shape index (κ3) is 3.73. The zero-order valence-corrected chi connectivity index (χ0v) is 13.1. The first-order chi connectivity index (χ1) is 11.8. The maximum Gasteiger partial charge on any atom is 0.257 e. The Kier molecular flexibility index (Phi) is 4.78. The zero-order valence-electron chi connectivity index (χ0n) is 13.1. The van der Waals surface area contributed by atoms with Crippen molar-refractivity contribution in [3.8, 4) is 11.8 Å². The Morgan fingerprint density at radius 3 is 2.75 bits per heavy atom. The average molecular weight is 319 g/mol. The lowest BCUT2D eigenvalue weighted by molar-refractivity contribution is -0.123. The first-order valence-corrected chi connectivity index (χ1v) is 7.71. The SMILES string of the molecule is N#Cc1ccc(OCC(=O)NCCc2c[nH]c3ccccc23)cc1. The van der Waals surface area contributed by atoms with Crippen molar-refractivity contribution in [2.75, 3.05) is 13.2 Å². The van der Waals surface area contributed by atoms with Gasteiger partial charge in [0.25, 0.3) is 5.91 Å². The lowest BCUT2D eigenvalue weighted by Gasteiger charge is -2.07. The summed E-state index contributed by atoms with van der Waals surface area (Å²) >= 11 is 0. The predicted octanol–water partition coefficient (Wildman–Crippen LogP) is 2.78. The van der Waals surface area contributed by atoms with Gasteiger partial charge in [-0.25, -0.2) is 0 Å². The fourth-order valence-electron chi connectivity index (χ4n) is 2.50. The van der Waals surface area contributed by atoms with E-state index < -0.39 is 0 Å². The van der Waals surface area contributed by atoms with Gasteiger partial charge in [0.05, 0.1) is 11.6 Å². The molecule has 0 aliphatic carbocycles. The van der Waals surface area contributed by atoms with Crippen LogP contribution in [-0.2, 0) is 11.2 Å². The van der Waals surface area contributed by atoms with E-state index in [2.05, 4.69) is 16.4 Å². The second-order valence-corrected chi connectivity index (χ2v) is 5.38. The van der Waals surface area contributed by atoms with Crippen molar-refractivity contribution in [3.05, 3.63) is 65.9 Å². The summed E-state index contributed by atoms with van der Waals surface area (Å²) in [6.45, 7) is 0.511. The van der Waals surface area contributed by atoms with Crippen LogP contribution < -0.4 is 10.1 Å². The van der Waals surface area contributed by atoms with Crippen LogP contribution in [0.1, 0.15) is 11.1 Å². The van der Waals surface area contributed by atoms with Gasteiger partial charge in [0.2, 0.25) is 0 Å². The maximum atomic E-state index is 11.8. The average Bonchev–Trinajstić information content (AvgIpc) is 3.04. The fourth-order valence-corrected chi connectivity index (χ4v) is 2.50. The number of hydrogen-bond donors (Lipinski definition) is 2. The number of aromatic amines is 1. The molecule has 2 N–H and O–H groups in total. The van der Waals surface area contributed by atoms with Gasteiger partial charge in [0.1, 0.15) is 5.75 Å². The zero-order chi connectivity index (χ0) is 16.8. The molecular formula is C19H17N3O2. The summed E-state index contributed by atoms with van der Waals surface area (Å²) in [5.74, 6) is 0.403. The van der Waals surface area contributed by atoms with E-state index in [1.54, 1.807) is 24.3 Å². The molecule has 0 aliphatic rings. The number of rotatable bonds is 6. The minimum Gasteiger partial charge on any atom is -0.484 e. The first-order valence-electron chi connectivity index (χ1n) is 7.71. The topological polar surface area (TPSA) is 77.9 Å². The lowest BCUT2D eigenvalue weighted by Crippen LogP contribution is -2.30. The second-order valence-electron chi connectivity index (χ2n) is 5.38. The number of fused-ring (bicyclic) bond motifs is 1. The smallest absolute Gasteiger partial charge is 0.257 e. The Hall–Kier alpha value is -3.26. The summed E-state index contributed by atoms with van der Waals surface area (Å²) in [4.78, 5) is 15.1. The van der Waals surface area contributed by atoms with Crippen LogP contribution in [0.25, 0.3) is 10.9 Å². The Morgan fingerprint density at radius 2 is 1.96 bits per heavy atom. The van der Waals surface area contributed by atoms with Crippen molar-refractivity contribution >= 4 is 16.8 Å². The minimum absolute atomic E-state index is 0.0419. The molecule has 0 unspecified atom stereocenters. The molecule has 0 bridgehead atoms. The monoisotopic (exact) mass is 319 g/mol. The number of nitrogens with one attached hydrogen (secondary N) is 2. The second kappa shape index (κ2) is 7.34. The molecule has 2 aromatic carbocycles. The highest BCUT2D eigenvalue weighted by molar-refractivity contribution is 5.83. The molecule has 120 valence electrons. The van der Waals surface area contributed by atoms with Crippen molar-refractivity contribution in [2.24, 2.45) is 0 Å². The van der Waals surface area contributed by atoms with Crippen molar-refractivity contribution in [1.29, 1.82) is 5.26 Å². The highest BCUT2D eigenvalue weighted by atomic mass is 16.5. The van der Waals surface area contributed by atoms with Gasteiger partial charge in [-0.15, -0.1) is 0 Å². The highest BCUT2D eigenvalue weighted by Crippen LogP contribution is 2.17. The molecule has 3 aromatic rings. The van der Waals surface area contributed by atoms with Gasteiger partial charge in [-0.3, -0.25) is 4.79 Å². The number of nitrogens with zero attached hydrogens (tertiary/aromatic N) is 1.